The first-order valence-electron chi connectivity index (χ1n) is 11.2. The largest absolute Gasteiger partial charge is 0.494 e. The van der Waals surface area contributed by atoms with E-state index in [2.05, 4.69) is 24.3 Å². The maximum Gasteiger partial charge on any atom is 0.490 e. The lowest BCUT2D eigenvalue weighted by Crippen LogP contribution is -2.21. The SMILES string of the molecule is NC(=O)c1cccc(-c2ccc(OCCCC3CCc4ccccc43)cc2)c1.O=C(O)C(F)(F)F. The molecule has 0 fully saturated rings. The Labute approximate surface area is 201 Å². The number of primary amides is 1. The number of benzene rings is 3. The molecular formula is C27H26F3NO4. The topological polar surface area (TPSA) is 89.6 Å². The molecule has 3 aromatic carbocycles. The van der Waals surface area contributed by atoms with E-state index in [1.54, 1.807) is 6.07 Å². The lowest BCUT2D eigenvalue weighted by atomic mass is 9.96. The third kappa shape index (κ3) is 7.34. The minimum Gasteiger partial charge on any atom is -0.494 e. The fraction of sp³-hybridized carbons (Fsp3) is 0.259. The van der Waals surface area contributed by atoms with Gasteiger partial charge in [0.15, 0.2) is 0 Å². The van der Waals surface area contributed by atoms with Crippen molar-refractivity contribution in [2.45, 2.75) is 37.8 Å². The number of alkyl halides is 3. The lowest BCUT2D eigenvalue weighted by molar-refractivity contribution is -0.192. The molecule has 1 atom stereocenters. The normalized spacial score (nSPS) is 14.4. The molecule has 0 heterocycles. The van der Waals surface area contributed by atoms with Crippen LogP contribution in [0.15, 0.2) is 72.8 Å². The molecule has 184 valence electrons. The van der Waals surface area contributed by atoms with Crippen molar-refractivity contribution in [2.24, 2.45) is 5.73 Å². The van der Waals surface area contributed by atoms with E-state index in [1.807, 2.05) is 42.5 Å². The molecule has 1 amide bonds. The highest BCUT2D eigenvalue weighted by molar-refractivity contribution is 5.94. The number of nitrogens with two attached hydrogens (primary N) is 1. The van der Waals surface area contributed by atoms with E-state index < -0.39 is 18.1 Å². The van der Waals surface area contributed by atoms with E-state index in [-0.39, 0.29) is 0 Å². The maximum absolute atomic E-state index is 11.4. The first kappa shape index (κ1) is 25.8. The Kier molecular flexibility index (Phi) is 8.52. The minimum atomic E-state index is -5.08. The molecule has 3 N–H and O–H groups in total. The van der Waals surface area contributed by atoms with Gasteiger partial charge in [-0.1, -0.05) is 48.5 Å². The van der Waals surface area contributed by atoms with Crippen LogP contribution in [0.3, 0.4) is 0 Å². The number of amides is 1. The fourth-order valence-corrected chi connectivity index (χ4v) is 4.06. The molecule has 0 bridgehead atoms. The van der Waals surface area contributed by atoms with Crippen molar-refractivity contribution in [2.75, 3.05) is 6.61 Å². The number of ether oxygens (including phenoxy) is 1. The number of rotatable bonds is 7. The number of fused-ring (bicyclic) bond motifs is 1. The highest BCUT2D eigenvalue weighted by atomic mass is 19.4. The van der Waals surface area contributed by atoms with Crippen molar-refractivity contribution >= 4 is 11.9 Å². The van der Waals surface area contributed by atoms with Gasteiger partial charge in [-0.3, -0.25) is 4.79 Å². The molecule has 1 aliphatic rings. The third-order valence-corrected chi connectivity index (χ3v) is 5.80. The molecule has 0 radical (unpaired) electrons. The van der Waals surface area contributed by atoms with Gasteiger partial charge in [0, 0.05) is 5.56 Å². The van der Waals surface area contributed by atoms with E-state index in [1.165, 1.54) is 30.4 Å². The summed E-state index contributed by atoms with van der Waals surface area (Å²) in [7, 11) is 0. The predicted molar refractivity (Wildman–Crippen MR) is 126 cm³/mol. The van der Waals surface area contributed by atoms with Gasteiger partial charge in [0.1, 0.15) is 5.75 Å². The molecule has 0 spiro atoms. The maximum atomic E-state index is 11.4. The van der Waals surface area contributed by atoms with Crippen LogP contribution in [0.1, 0.15) is 46.7 Å². The standard InChI is InChI=1S/C25H25NO2.C2HF3O2/c26-25(27)22-7-3-6-21(17-22)18-12-14-23(15-13-18)28-16-4-8-20-11-10-19-5-1-2-9-24(19)20;3-2(4,5)1(6)7/h1-3,5-7,9,12-15,17,20H,4,8,10-11,16H2,(H2,26,27);(H,6,7). The van der Waals surface area contributed by atoms with Crippen molar-refractivity contribution in [1.82, 2.24) is 0 Å². The van der Waals surface area contributed by atoms with Crippen molar-refractivity contribution in [1.29, 1.82) is 0 Å². The number of carbonyl (C=O) groups is 2. The Morgan fingerprint density at radius 3 is 2.31 bits per heavy atom. The summed E-state index contributed by atoms with van der Waals surface area (Å²) < 4.78 is 37.7. The van der Waals surface area contributed by atoms with Gasteiger partial charge in [0.25, 0.3) is 0 Å². The Hall–Kier alpha value is -3.81. The average molecular weight is 486 g/mol. The van der Waals surface area contributed by atoms with Crippen LogP contribution in [0.2, 0.25) is 0 Å². The summed E-state index contributed by atoms with van der Waals surface area (Å²) >= 11 is 0. The highest BCUT2D eigenvalue weighted by Crippen LogP contribution is 2.36. The molecular weight excluding hydrogens is 459 g/mol. The Bertz CT molecular complexity index is 1160. The van der Waals surface area contributed by atoms with E-state index in [9.17, 15) is 18.0 Å². The van der Waals surface area contributed by atoms with Crippen molar-refractivity contribution in [3.8, 4) is 16.9 Å². The summed E-state index contributed by atoms with van der Waals surface area (Å²) in [6, 6.07) is 24.2. The second kappa shape index (κ2) is 11.6. The number of carbonyl (C=O) groups excluding carboxylic acids is 1. The van der Waals surface area contributed by atoms with Gasteiger partial charge < -0.3 is 15.6 Å². The van der Waals surface area contributed by atoms with Crippen LogP contribution in [0.4, 0.5) is 13.2 Å². The number of hydrogen-bond donors (Lipinski definition) is 2. The fourth-order valence-electron chi connectivity index (χ4n) is 4.06. The van der Waals surface area contributed by atoms with Crippen LogP contribution < -0.4 is 10.5 Å². The molecule has 8 heteroatoms. The van der Waals surface area contributed by atoms with Gasteiger partial charge in [0.2, 0.25) is 5.91 Å². The van der Waals surface area contributed by atoms with Crippen LogP contribution >= 0.6 is 0 Å². The third-order valence-electron chi connectivity index (χ3n) is 5.80. The zero-order valence-corrected chi connectivity index (χ0v) is 18.9. The lowest BCUT2D eigenvalue weighted by Gasteiger charge is -2.12. The summed E-state index contributed by atoms with van der Waals surface area (Å²) in [5.74, 6) is -1.61. The zero-order valence-electron chi connectivity index (χ0n) is 18.9. The summed E-state index contributed by atoms with van der Waals surface area (Å²) in [5.41, 5.74) is 11.0. The van der Waals surface area contributed by atoms with Gasteiger partial charge in [-0.15, -0.1) is 0 Å². The molecule has 4 rings (SSSR count). The zero-order chi connectivity index (χ0) is 25.4. The minimum absolute atomic E-state index is 0.410. The van der Waals surface area contributed by atoms with Gasteiger partial charge in [-0.05, 0) is 78.1 Å². The van der Waals surface area contributed by atoms with Crippen LogP contribution in [0, 0.1) is 0 Å². The second-order valence-corrected chi connectivity index (χ2v) is 8.20. The van der Waals surface area contributed by atoms with E-state index in [4.69, 9.17) is 20.4 Å². The molecule has 1 aliphatic carbocycles. The molecule has 1 unspecified atom stereocenters. The molecule has 35 heavy (non-hydrogen) atoms. The van der Waals surface area contributed by atoms with Crippen LogP contribution in [0.25, 0.3) is 11.1 Å². The monoisotopic (exact) mass is 485 g/mol. The number of aryl methyl sites for hydroxylation is 1. The molecule has 0 saturated carbocycles. The average Bonchev–Trinajstić information content (AvgIpc) is 3.25. The van der Waals surface area contributed by atoms with Crippen LogP contribution in [0.5, 0.6) is 5.75 Å². The van der Waals surface area contributed by atoms with Gasteiger partial charge in [-0.2, -0.15) is 13.2 Å². The van der Waals surface area contributed by atoms with Crippen LogP contribution in [-0.4, -0.2) is 29.8 Å². The smallest absolute Gasteiger partial charge is 0.490 e. The number of carboxylic acid groups (broad SMARTS) is 1. The first-order chi connectivity index (χ1) is 16.6. The predicted octanol–water partition coefficient (Wildman–Crippen LogP) is 5.97. The Morgan fingerprint density at radius 1 is 0.971 bits per heavy atom. The summed E-state index contributed by atoms with van der Waals surface area (Å²) in [6.45, 7) is 0.731. The number of hydrogen-bond acceptors (Lipinski definition) is 3. The number of aliphatic carboxylic acids is 1. The number of carboxylic acids is 1. The molecule has 0 aromatic heterocycles. The van der Waals surface area contributed by atoms with Crippen molar-refractivity contribution in [3.05, 3.63) is 89.5 Å². The second-order valence-electron chi connectivity index (χ2n) is 8.20. The summed E-state index contributed by atoms with van der Waals surface area (Å²) in [4.78, 5) is 20.2. The van der Waals surface area contributed by atoms with E-state index in [0.29, 0.717) is 11.5 Å². The summed E-state index contributed by atoms with van der Waals surface area (Å²) in [5, 5.41) is 7.12. The quantitative estimate of drug-likeness (QED) is 0.403. The van der Waals surface area contributed by atoms with Gasteiger partial charge in [0.05, 0.1) is 6.61 Å². The molecule has 0 aliphatic heterocycles. The van der Waals surface area contributed by atoms with Crippen molar-refractivity contribution < 1.29 is 32.6 Å². The Balaban J connectivity index is 0.000000429. The van der Waals surface area contributed by atoms with E-state index in [0.717, 1.165) is 29.9 Å². The van der Waals surface area contributed by atoms with Crippen molar-refractivity contribution in [3.63, 3.8) is 0 Å². The van der Waals surface area contributed by atoms with Gasteiger partial charge >= 0.3 is 12.1 Å². The molecule has 3 aromatic rings. The Morgan fingerprint density at radius 2 is 1.66 bits per heavy atom. The van der Waals surface area contributed by atoms with E-state index >= 15 is 0 Å². The highest BCUT2D eigenvalue weighted by Gasteiger charge is 2.38. The first-order valence-corrected chi connectivity index (χ1v) is 11.2. The van der Waals surface area contributed by atoms with Gasteiger partial charge in [-0.25, -0.2) is 4.79 Å². The molecule has 5 nitrogen and oxygen atoms in total. The number of halogens is 3. The van der Waals surface area contributed by atoms with Crippen LogP contribution in [-0.2, 0) is 11.2 Å². The summed E-state index contributed by atoms with van der Waals surface area (Å²) in [6.07, 6.45) is -0.380. The molecule has 0 saturated heterocycles.